The first-order chi connectivity index (χ1) is 16.9. The lowest BCUT2D eigenvalue weighted by Crippen LogP contribution is -2.35. The van der Waals surface area contributed by atoms with E-state index >= 15 is 0 Å². The molecular weight excluding hydrogens is 470 g/mol. The van der Waals surface area contributed by atoms with Crippen molar-refractivity contribution in [2.45, 2.75) is 19.2 Å². The summed E-state index contributed by atoms with van der Waals surface area (Å²) in [6.07, 6.45) is 0.297. The lowest BCUT2D eigenvalue weighted by atomic mass is 10.0. The fraction of sp³-hybridized carbons (Fsp3) is 0.308. The van der Waals surface area contributed by atoms with Gasteiger partial charge in [0, 0.05) is 48.2 Å². The molecule has 1 saturated heterocycles. The van der Waals surface area contributed by atoms with Crippen LogP contribution in [0.3, 0.4) is 0 Å². The normalized spacial score (nSPS) is 15.6. The summed E-state index contributed by atoms with van der Waals surface area (Å²) in [6.45, 7) is 3.33. The van der Waals surface area contributed by atoms with E-state index in [-0.39, 0.29) is 17.5 Å². The fourth-order valence-electron chi connectivity index (χ4n) is 4.60. The van der Waals surface area contributed by atoms with Crippen molar-refractivity contribution in [1.29, 1.82) is 0 Å². The third-order valence-electron chi connectivity index (χ3n) is 6.40. The summed E-state index contributed by atoms with van der Waals surface area (Å²) in [4.78, 5) is 28.8. The molecule has 0 bridgehead atoms. The number of aromatic nitrogens is 1. The zero-order valence-electron chi connectivity index (χ0n) is 19.0. The van der Waals surface area contributed by atoms with Gasteiger partial charge in [-0.15, -0.1) is 0 Å². The highest BCUT2D eigenvalue weighted by Gasteiger charge is 2.22. The molecule has 5 rings (SSSR count). The Balaban J connectivity index is 1.55. The molecule has 0 saturated carbocycles. The summed E-state index contributed by atoms with van der Waals surface area (Å²) in [5.74, 6) is -0.513. The van der Waals surface area contributed by atoms with Gasteiger partial charge >= 0.3 is 0 Å². The minimum atomic E-state index is -1.15. The maximum atomic E-state index is 13.5. The van der Waals surface area contributed by atoms with Crippen LogP contribution in [0.15, 0.2) is 53.5 Å². The van der Waals surface area contributed by atoms with E-state index in [9.17, 15) is 19.8 Å². The van der Waals surface area contributed by atoms with Crippen LogP contribution < -0.4 is 10.7 Å². The van der Waals surface area contributed by atoms with E-state index in [2.05, 4.69) is 10.2 Å². The number of morpholine rings is 1. The number of nitrogens with one attached hydrogen (secondary N) is 1. The molecule has 9 heteroatoms. The number of hydrogen-bond acceptors (Lipinski definition) is 6. The maximum absolute atomic E-state index is 13.5. The fourth-order valence-corrected chi connectivity index (χ4v) is 4.73. The molecule has 0 radical (unpaired) electrons. The van der Waals surface area contributed by atoms with Gasteiger partial charge in [-0.3, -0.25) is 14.5 Å². The maximum Gasteiger partial charge on any atom is 0.257 e. The number of nitrogens with zero attached hydrogens (tertiary/aromatic N) is 2. The predicted octanol–water partition coefficient (Wildman–Crippen LogP) is 2.33. The van der Waals surface area contributed by atoms with E-state index in [1.165, 1.54) is 6.20 Å². The third kappa shape index (κ3) is 4.76. The molecular formula is C26H26ClN3O5. The van der Waals surface area contributed by atoms with Gasteiger partial charge in [-0.05, 0) is 41.5 Å². The molecule has 0 aliphatic carbocycles. The van der Waals surface area contributed by atoms with E-state index in [0.717, 1.165) is 29.6 Å². The average Bonchev–Trinajstić information content (AvgIpc) is 3.24. The second-order valence-corrected chi connectivity index (χ2v) is 9.22. The Kier molecular flexibility index (Phi) is 6.73. The number of carbonyl (C=O) groups is 1. The highest BCUT2D eigenvalue weighted by Crippen LogP contribution is 2.29. The molecule has 0 spiro atoms. The third-order valence-corrected chi connectivity index (χ3v) is 6.66. The van der Waals surface area contributed by atoms with Gasteiger partial charge in [0.2, 0.25) is 5.43 Å². The number of hydrogen-bond donors (Lipinski definition) is 3. The second-order valence-electron chi connectivity index (χ2n) is 8.79. The molecule has 182 valence electrons. The van der Waals surface area contributed by atoms with Gasteiger partial charge in [-0.25, -0.2) is 0 Å². The smallest absolute Gasteiger partial charge is 0.257 e. The standard InChI is InChI=1S/C26H26ClN3O5/c27-19-3-1-16(2-4-19)12-28-26(34)21-14-30-22(23(32)15-31)11-18-9-17(10-20(24(18)30)25(21)33)13-29-5-7-35-8-6-29/h1-4,9-11,14,23,31-32H,5-8,12-13,15H2,(H,28,34). The van der Waals surface area contributed by atoms with Crippen molar-refractivity contribution in [2.24, 2.45) is 0 Å². The molecule has 3 heterocycles. The Morgan fingerprint density at radius 1 is 1.11 bits per heavy atom. The van der Waals surface area contributed by atoms with Crippen LogP contribution in [0.4, 0.5) is 0 Å². The second kappa shape index (κ2) is 9.93. The Morgan fingerprint density at radius 2 is 1.86 bits per heavy atom. The van der Waals surface area contributed by atoms with Crippen molar-refractivity contribution in [2.75, 3.05) is 32.9 Å². The molecule has 35 heavy (non-hydrogen) atoms. The van der Waals surface area contributed by atoms with E-state index in [4.69, 9.17) is 16.3 Å². The highest BCUT2D eigenvalue weighted by molar-refractivity contribution is 6.30. The van der Waals surface area contributed by atoms with Crippen LogP contribution >= 0.6 is 11.6 Å². The molecule has 1 unspecified atom stereocenters. The van der Waals surface area contributed by atoms with E-state index in [0.29, 0.717) is 41.4 Å². The van der Waals surface area contributed by atoms with Gasteiger partial charge in [-0.2, -0.15) is 0 Å². The van der Waals surface area contributed by atoms with Crippen molar-refractivity contribution < 1.29 is 19.7 Å². The summed E-state index contributed by atoms with van der Waals surface area (Å²) in [7, 11) is 0. The number of halogens is 1. The summed E-state index contributed by atoms with van der Waals surface area (Å²) < 4.78 is 7.07. The number of aliphatic hydroxyl groups excluding tert-OH is 2. The van der Waals surface area contributed by atoms with E-state index in [1.807, 2.05) is 12.1 Å². The van der Waals surface area contributed by atoms with Gasteiger partial charge in [0.1, 0.15) is 11.7 Å². The molecule has 1 fully saturated rings. The molecule has 2 aromatic heterocycles. The van der Waals surface area contributed by atoms with Crippen molar-refractivity contribution in [3.05, 3.63) is 86.3 Å². The van der Waals surface area contributed by atoms with Crippen molar-refractivity contribution in [3.63, 3.8) is 0 Å². The summed E-state index contributed by atoms with van der Waals surface area (Å²) in [5, 5.41) is 24.6. The zero-order valence-corrected chi connectivity index (χ0v) is 19.8. The average molecular weight is 496 g/mol. The van der Waals surface area contributed by atoms with Crippen LogP contribution in [-0.2, 0) is 17.8 Å². The number of ether oxygens (including phenoxy) is 1. The molecule has 1 amide bonds. The molecule has 2 aromatic carbocycles. The van der Waals surface area contributed by atoms with Gasteiger partial charge in [0.05, 0.1) is 31.0 Å². The van der Waals surface area contributed by atoms with Crippen molar-refractivity contribution in [1.82, 2.24) is 14.6 Å². The first-order valence-corrected chi connectivity index (χ1v) is 11.9. The lowest BCUT2D eigenvalue weighted by Gasteiger charge is -2.26. The Hall–Kier alpha value is -3.01. The minimum Gasteiger partial charge on any atom is -0.393 e. The van der Waals surface area contributed by atoms with Crippen molar-refractivity contribution in [3.8, 4) is 0 Å². The van der Waals surface area contributed by atoms with Gasteiger partial charge in [0.15, 0.2) is 0 Å². The molecule has 8 nitrogen and oxygen atoms in total. The highest BCUT2D eigenvalue weighted by atomic mass is 35.5. The monoisotopic (exact) mass is 495 g/mol. The van der Waals surface area contributed by atoms with E-state index < -0.39 is 18.6 Å². The van der Waals surface area contributed by atoms with Crippen LogP contribution in [0.2, 0.25) is 5.02 Å². The minimum absolute atomic E-state index is 0.0288. The van der Waals surface area contributed by atoms with Crippen LogP contribution in [0.5, 0.6) is 0 Å². The summed E-state index contributed by atoms with van der Waals surface area (Å²) >= 11 is 5.93. The predicted molar refractivity (Wildman–Crippen MR) is 133 cm³/mol. The number of pyridine rings is 1. The number of benzene rings is 2. The van der Waals surface area contributed by atoms with Gasteiger partial charge in [-0.1, -0.05) is 23.7 Å². The largest absolute Gasteiger partial charge is 0.393 e. The van der Waals surface area contributed by atoms with Crippen molar-refractivity contribution >= 4 is 33.8 Å². The zero-order chi connectivity index (χ0) is 24.5. The van der Waals surface area contributed by atoms with Crippen LogP contribution in [0.1, 0.15) is 33.3 Å². The van der Waals surface area contributed by atoms with E-state index in [1.54, 1.807) is 34.7 Å². The SMILES string of the molecule is O=C(NCc1ccc(Cl)cc1)c1cn2c(C(O)CO)cc3cc(CN4CCOCC4)cc(c1=O)c32. The molecule has 1 aliphatic heterocycles. The molecule has 1 aliphatic rings. The van der Waals surface area contributed by atoms with Gasteiger partial charge < -0.3 is 24.7 Å². The number of carbonyl (C=O) groups excluding carboxylic acids is 1. The first kappa shape index (κ1) is 23.7. The number of rotatable bonds is 7. The Labute approximate surface area is 206 Å². The molecule has 3 N–H and O–H groups in total. The Morgan fingerprint density at radius 3 is 2.57 bits per heavy atom. The first-order valence-electron chi connectivity index (χ1n) is 11.5. The number of amides is 1. The van der Waals surface area contributed by atoms with Crippen LogP contribution in [0.25, 0.3) is 16.3 Å². The Bertz CT molecular complexity index is 1410. The quantitative estimate of drug-likeness (QED) is 0.363. The van der Waals surface area contributed by atoms with Crippen LogP contribution in [0, 0.1) is 0 Å². The number of aliphatic hydroxyl groups is 2. The lowest BCUT2D eigenvalue weighted by molar-refractivity contribution is 0.0342. The molecule has 4 aromatic rings. The van der Waals surface area contributed by atoms with Gasteiger partial charge in [0.25, 0.3) is 5.91 Å². The summed E-state index contributed by atoms with van der Waals surface area (Å²) in [5.41, 5.74) is 2.43. The molecule has 1 atom stereocenters. The van der Waals surface area contributed by atoms with Crippen LogP contribution in [-0.4, -0.2) is 58.3 Å². The summed E-state index contributed by atoms with van der Waals surface area (Å²) in [6, 6.07) is 12.7. The topological polar surface area (TPSA) is 104 Å².